The first kappa shape index (κ1) is 13.9. The molecule has 1 aliphatic rings. The second kappa shape index (κ2) is 6.57. The van der Waals surface area contributed by atoms with Gasteiger partial charge in [0, 0.05) is 19.8 Å². The Kier molecular flexibility index (Phi) is 4.80. The fourth-order valence-corrected chi connectivity index (χ4v) is 2.00. The molecule has 0 aromatic heterocycles. The van der Waals surface area contributed by atoms with Crippen molar-refractivity contribution in [2.45, 2.75) is 26.2 Å². The van der Waals surface area contributed by atoms with Crippen LogP contribution in [0.15, 0.2) is 18.2 Å². The molecule has 1 aromatic rings. The number of anilines is 1. The van der Waals surface area contributed by atoms with E-state index in [9.17, 15) is 4.79 Å². The van der Waals surface area contributed by atoms with Gasteiger partial charge in [-0.25, -0.2) is 4.79 Å². The van der Waals surface area contributed by atoms with E-state index in [0.717, 1.165) is 43.3 Å². The van der Waals surface area contributed by atoms with Crippen molar-refractivity contribution >= 4 is 11.7 Å². The highest BCUT2D eigenvalue weighted by Crippen LogP contribution is 2.28. The molecule has 19 heavy (non-hydrogen) atoms. The number of carboxylic acid groups (broad SMARTS) is 1. The van der Waals surface area contributed by atoms with Crippen LogP contribution in [0.2, 0.25) is 0 Å². The summed E-state index contributed by atoms with van der Waals surface area (Å²) in [6.45, 7) is 4.26. The average Bonchev–Trinajstić information content (AvgIpc) is 3.18. The molecule has 1 aliphatic carbocycles. The van der Waals surface area contributed by atoms with Gasteiger partial charge in [0.05, 0.1) is 11.3 Å². The van der Waals surface area contributed by atoms with E-state index in [0.29, 0.717) is 5.56 Å². The number of ether oxygens (including phenoxy) is 1. The molecule has 0 heterocycles. The third-order valence-electron chi connectivity index (χ3n) is 3.32. The van der Waals surface area contributed by atoms with E-state index in [4.69, 9.17) is 9.84 Å². The Morgan fingerprint density at radius 2 is 2.26 bits per heavy atom. The van der Waals surface area contributed by atoms with Crippen LogP contribution in [0.3, 0.4) is 0 Å². The summed E-state index contributed by atoms with van der Waals surface area (Å²) < 4.78 is 5.55. The van der Waals surface area contributed by atoms with Gasteiger partial charge in [0.25, 0.3) is 0 Å². The molecule has 0 spiro atoms. The van der Waals surface area contributed by atoms with Gasteiger partial charge >= 0.3 is 5.97 Å². The zero-order valence-electron chi connectivity index (χ0n) is 11.3. The summed E-state index contributed by atoms with van der Waals surface area (Å²) in [6.07, 6.45) is 3.51. The van der Waals surface area contributed by atoms with E-state index in [1.807, 2.05) is 13.0 Å². The number of carboxylic acids is 1. The lowest BCUT2D eigenvalue weighted by molar-refractivity contribution is 0.0698. The molecule has 1 fully saturated rings. The number of nitrogens with one attached hydrogen (secondary N) is 1. The number of aryl methyl sites for hydroxylation is 1. The Labute approximate surface area is 113 Å². The van der Waals surface area contributed by atoms with Crippen molar-refractivity contribution in [3.05, 3.63) is 29.3 Å². The molecular weight excluding hydrogens is 242 g/mol. The first-order valence-corrected chi connectivity index (χ1v) is 6.83. The topological polar surface area (TPSA) is 58.6 Å². The Balaban J connectivity index is 1.76. The van der Waals surface area contributed by atoms with E-state index < -0.39 is 5.97 Å². The number of rotatable bonds is 8. The van der Waals surface area contributed by atoms with Gasteiger partial charge in [-0.05, 0) is 43.7 Å². The lowest BCUT2D eigenvalue weighted by atomic mass is 10.1. The van der Waals surface area contributed by atoms with Crippen LogP contribution in [-0.4, -0.2) is 30.8 Å². The van der Waals surface area contributed by atoms with E-state index >= 15 is 0 Å². The molecule has 4 heteroatoms. The molecule has 2 N–H and O–H groups in total. The fraction of sp³-hybridized carbons (Fsp3) is 0.533. The summed E-state index contributed by atoms with van der Waals surface area (Å²) in [5.41, 5.74) is 2.01. The number of para-hydroxylation sites is 1. The second-order valence-electron chi connectivity index (χ2n) is 5.10. The Morgan fingerprint density at radius 1 is 1.47 bits per heavy atom. The van der Waals surface area contributed by atoms with Crippen molar-refractivity contribution in [3.8, 4) is 0 Å². The summed E-state index contributed by atoms with van der Waals surface area (Å²) in [7, 11) is 0. The Hall–Kier alpha value is -1.55. The maximum Gasteiger partial charge on any atom is 0.337 e. The zero-order chi connectivity index (χ0) is 13.7. The molecule has 0 amide bonds. The molecule has 0 atom stereocenters. The van der Waals surface area contributed by atoms with Crippen LogP contribution in [0, 0.1) is 12.8 Å². The minimum Gasteiger partial charge on any atom is -0.478 e. The van der Waals surface area contributed by atoms with Crippen molar-refractivity contribution < 1.29 is 14.6 Å². The minimum absolute atomic E-state index is 0.332. The first-order chi connectivity index (χ1) is 9.18. The van der Waals surface area contributed by atoms with Crippen molar-refractivity contribution in [2.24, 2.45) is 5.92 Å². The SMILES string of the molecule is Cc1cccc(C(=O)O)c1NCCCOCC1CC1. The molecule has 2 rings (SSSR count). The number of carbonyl (C=O) groups is 1. The molecule has 0 saturated heterocycles. The largest absolute Gasteiger partial charge is 0.478 e. The lowest BCUT2D eigenvalue weighted by Crippen LogP contribution is -2.11. The fourth-order valence-electron chi connectivity index (χ4n) is 2.00. The monoisotopic (exact) mass is 263 g/mol. The van der Waals surface area contributed by atoms with Crippen LogP contribution < -0.4 is 5.32 Å². The number of aromatic carboxylic acids is 1. The predicted octanol–water partition coefficient (Wildman–Crippen LogP) is 2.92. The first-order valence-electron chi connectivity index (χ1n) is 6.83. The molecule has 1 aromatic carbocycles. The summed E-state index contributed by atoms with van der Waals surface area (Å²) in [5, 5.41) is 12.3. The van der Waals surface area contributed by atoms with Crippen LogP contribution in [-0.2, 0) is 4.74 Å². The highest BCUT2D eigenvalue weighted by atomic mass is 16.5. The molecular formula is C15H21NO3. The smallest absolute Gasteiger partial charge is 0.337 e. The van der Waals surface area contributed by atoms with Gasteiger partial charge in [0.15, 0.2) is 0 Å². The molecule has 104 valence electrons. The maximum atomic E-state index is 11.1. The summed E-state index contributed by atoms with van der Waals surface area (Å²) in [4.78, 5) is 11.1. The van der Waals surface area contributed by atoms with Crippen LogP contribution >= 0.6 is 0 Å². The molecule has 0 aliphatic heterocycles. The molecule has 0 bridgehead atoms. The van der Waals surface area contributed by atoms with Gasteiger partial charge in [0.2, 0.25) is 0 Å². The third kappa shape index (κ3) is 4.24. The van der Waals surface area contributed by atoms with E-state index in [-0.39, 0.29) is 0 Å². The van der Waals surface area contributed by atoms with Crippen molar-refractivity contribution in [3.63, 3.8) is 0 Å². The van der Waals surface area contributed by atoms with Gasteiger partial charge in [-0.1, -0.05) is 12.1 Å². The van der Waals surface area contributed by atoms with Gasteiger partial charge in [-0.3, -0.25) is 0 Å². The van der Waals surface area contributed by atoms with Gasteiger partial charge in [-0.2, -0.15) is 0 Å². The minimum atomic E-state index is -0.892. The highest BCUT2D eigenvalue weighted by molar-refractivity contribution is 5.95. The van der Waals surface area contributed by atoms with Crippen LogP contribution in [0.1, 0.15) is 35.2 Å². The number of benzene rings is 1. The van der Waals surface area contributed by atoms with E-state index in [1.54, 1.807) is 12.1 Å². The van der Waals surface area contributed by atoms with Gasteiger partial charge < -0.3 is 15.2 Å². The van der Waals surface area contributed by atoms with Gasteiger partial charge in [-0.15, -0.1) is 0 Å². The number of hydrogen-bond acceptors (Lipinski definition) is 3. The predicted molar refractivity (Wildman–Crippen MR) is 74.8 cm³/mol. The quantitative estimate of drug-likeness (QED) is 0.708. The van der Waals surface area contributed by atoms with E-state index in [1.165, 1.54) is 12.8 Å². The Morgan fingerprint density at radius 3 is 2.95 bits per heavy atom. The molecule has 1 saturated carbocycles. The summed E-state index contributed by atoms with van der Waals surface area (Å²) in [5.74, 6) is -0.0980. The van der Waals surface area contributed by atoms with Gasteiger partial charge in [0.1, 0.15) is 0 Å². The standard InChI is InChI=1S/C15H21NO3/c1-11-4-2-5-13(15(17)18)14(11)16-8-3-9-19-10-12-6-7-12/h2,4-5,12,16H,3,6-10H2,1H3,(H,17,18). The maximum absolute atomic E-state index is 11.1. The zero-order valence-corrected chi connectivity index (χ0v) is 11.3. The van der Waals surface area contributed by atoms with Crippen molar-refractivity contribution in [2.75, 3.05) is 25.1 Å². The van der Waals surface area contributed by atoms with E-state index in [2.05, 4.69) is 5.32 Å². The Bertz CT molecular complexity index is 441. The number of hydrogen-bond donors (Lipinski definition) is 2. The average molecular weight is 263 g/mol. The highest BCUT2D eigenvalue weighted by Gasteiger charge is 2.20. The molecule has 4 nitrogen and oxygen atoms in total. The molecule has 0 unspecified atom stereocenters. The van der Waals surface area contributed by atoms with Crippen LogP contribution in [0.4, 0.5) is 5.69 Å². The normalized spacial score (nSPS) is 14.4. The third-order valence-corrected chi connectivity index (χ3v) is 3.32. The summed E-state index contributed by atoms with van der Waals surface area (Å²) in [6, 6.07) is 5.31. The summed E-state index contributed by atoms with van der Waals surface area (Å²) >= 11 is 0. The van der Waals surface area contributed by atoms with Crippen LogP contribution in [0.5, 0.6) is 0 Å². The van der Waals surface area contributed by atoms with Crippen molar-refractivity contribution in [1.29, 1.82) is 0 Å². The van der Waals surface area contributed by atoms with Crippen LogP contribution in [0.25, 0.3) is 0 Å². The molecule has 0 radical (unpaired) electrons. The lowest BCUT2D eigenvalue weighted by Gasteiger charge is -2.12. The van der Waals surface area contributed by atoms with Crippen molar-refractivity contribution in [1.82, 2.24) is 0 Å². The second-order valence-corrected chi connectivity index (χ2v) is 5.10.